The molecule has 0 aliphatic carbocycles. The van der Waals surface area contributed by atoms with Crippen molar-refractivity contribution >= 4 is 61.8 Å². The van der Waals surface area contributed by atoms with Gasteiger partial charge in [-0.25, -0.2) is 4.98 Å². The fourth-order valence-electron chi connectivity index (χ4n) is 6.72. The molecule has 9 aromatic rings. The molecule has 0 spiro atoms. The minimum absolute atomic E-state index is 0. The van der Waals surface area contributed by atoms with Crippen molar-refractivity contribution in [3.05, 3.63) is 167 Å². The van der Waals surface area contributed by atoms with Crippen LogP contribution in [0.2, 0.25) is 0 Å². The number of pyridine rings is 4. The first-order valence-corrected chi connectivity index (χ1v) is 20.4. The van der Waals surface area contributed by atoms with Crippen LogP contribution in [0, 0.1) is 25.7 Å². The van der Waals surface area contributed by atoms with Crippen molar-refractivity contribution in [3.63, 3.8) is 0 Å². The SMILES string of the molecule is Cc1cccc(C)c1-c1ccnc(-c2cc(C(F)(F)F)n[n-]2)c1.O=COc1ccnc(-c2cc(OC=O)cc(-c3cc(C#Cc4ccc5sc6ccccc6c5c4)ccn3)n2)c1.[N-]=C=S.[Ru+2]. The molecule has 0 amide bonds. The van der Waals surface area contributed by atoms with Gasteiger partial charge in [-0.1, -0.05) is 66.2 Å². The van der Waals surface area contributed by atoms with Gasteiger partial charge in [0.15, 0.2) is 0 Å². The van der Waals surface area contributed by atoms with Gasteiger partial charge in [0.25, 0.3) is 12.9 Å². The predicted octanol–water partition coefficient (Wildman–Crippen LogP) is 11.1. The number of aromatic nitrogens is 6. The molecule has 6 aromatic heterocycles. The van der Waals surface area contributed by atoms with Crippen molar-refractivity contribution in [2.75, 3.05) is 0 Å². The fraction of sp³-hybridized carbons (Fsp3) is 0.0612. The summed E-state index contributed by atoms with van der Waals surface area (Å²) >= 11 is 5.47. The minimum atomic E-state index is -4.50. The summed E-state index contributed by atoms with van der Waals surface area (Å²) in [6, 6.07) is 35.0. The van der Waals surface area contributed by atoms with Crippen LogP contribution in [0.3, 0.4) is 0 Å². The van der Waals surface area contributed by atoms with Crippen LogP contribution in [0.5, 0.6) is 11.5 Å². The third-order valence-corrected chi connectivity index (χ3v) is 10.7. The smallest absolute Gasteiger partial charge is 0.753 e. The van der Waals surface area contributed by atoms with E-state index in [1.807, 2.05) is 68.4 Å². The zero-order valence-corrected chi connectivity index (χ0v) is 37.8. The number of aryl methyl sites for hydroxylation is 2. The van der Waals surface area contributed by atoms with E-state index in [1.165, 1.54) is 31.5 Å². The molecule has 0 aliphatic rings. The van der Waals surface area contributed by atoms with Crippen LogP contribution >= 0.6 is 23.6 Å². The monoisotopic (exact) mass is 1000 g/mol. The number of thiophene rings is 1. The van der Waals surface area contributed by atoms with Crippen LogP contribution in [0.4, 0.5) is 13.2 Å². The maximum Gasteiger partial charge on any atom is 2.00 e. The number of thiocarbonyl (C=S) groups is 1. The first-order chi connectivity index (χ1) is 31.5. The number of isothiocyanates is 1. The molecule has 0 N–H and O–H groups in total. The van der Waals surface area contributed by atoms with Gasteiger partial charge in [-0.05, 0) is 96.8 Å². The van der Waals surface area contributed by atoms with Crippen molar-refractivity contribution in [1.82, 2.24) is 30.1 Å². The molecule has 6 heterocycles. The molecule has 9 rings (SSSR count). The number of benzene rings is 3. The van der Waals surface area contributed by atoms with E-state index >= 15 is 0 Å². The second-order valence-corrected chi connectivity index (χ2v) is 15.0. The topological polar surface area (TPSA) is 153 Å². The Kier molecular flexibility index (Phi) is 15.9. The van der Waals surface area contributed by atoms with Crippen molar-refractivity contribution in [2.45, 2.75) is 20.0 Å². The van der Waals surface area contributed by atoms with Gasteiger partial charge in [-0.15, -0.1) is 11.3 Å². The van der Waals surface area contributed by atoms with E-state index in [4.69, 9.17) is 14.9 Å². The van der Waals surface area contributed by atoms with Gasteiger partial charge in [0.05, 0.1) is 22.8 Å². The summed E-state index contributed by atoms with van der Waals surface area (Å²) in [5.74, 6) is 7.05. The second kappa shape index (κ2) is 21.9. The largest absolute Gasteiger partial charge is 2.00 e. The Hall–Kier alpha value is -7.60. The van der Waals surface area contributed by atoms with E-state index in [9.17, 15) is 22.8 Å². The first-order valence-electron chi connectivity index (χ1n) is 19.2. The first kappa shape index (κ1) is 47.9. The maximum atomic E-state index is 12.6. The van der Waals surface area contributed by atoms with Crippen molar-refractivity contribution in [3.8, 4) is 68.6 Å². The quantitative estimate of drug-likeness (QED) is 0.0470. The van der Waals surface area contributed by atoms with Gasteiger partial charge in [0, 0.05) is 73.8 Å². The van der Waals surface area contributed by atoms with Crippen molar-refractivity contribution < 1.29 is 51.7 Å². The van der Waals surface area contributed by atoms with Gasteiger partial charge in [0.2, 0.25) is 0 Å². The second-order valence-electron chi connectivity index (χ2n) is 13.8. The number of hydrogen-bond acceptors (Lipinski definition) is 11. The summed E-state index contributed by atoms with van der Waals surface area (Å²) in [5, 5.41) is 17.7. The fourth-order valence-corrected chi connectivity index (χ4v) is 7.81. The van der Waals surface area contributed by atoms with Crippen LogP contribution in [-0.2, 0) is 35.2 Å². The molecule has 0 saturated carbocycles. The Bertz CT molecular complexity index is 3280. The number of fused-ring (bicyclic) bond motifs is 3. The van der Waals surface area contributed by atoms with Crippen LogP contribution in [0.15, 0.2) is 134 Å². The molecule has 17 heteroatoms. The van der Waals surface area contributed by atoms with Crippen LogP contribution < -0.4 is 14.6 Å². The molecule has 0 radical (unpaired) electrons. The summed E-state index contributed by atoms with van der Waals surface area (Å²) < 4.78 is 50.4. The molecule has 0 bridgehead atoms. The summed E-state index contributed by atoms with van der Waals surface area (Å²) in [7, 11) is 0. The Balaban J connectivity index is 0.000000227. The molecule has 0 unspecified atom stereocenters. The molecule has 0 atom stereocenters. The number of hydrogen-bond donors (Lipinski definition) is 0. The van der Waals surface area contributed by atoms with Crippen LogP contribution in [0.1, 0.15) is 27.9 Å². The average molecular weight is 1000 g/mol. The number of alkyl halides is 3. The Morgan fingerprint density at radius 1 is 0.667 bits per heavy atom. The van der Waals surface area contributed by atoms with E-state index in [0.29, 0.717) is 47.2 Å². The number of rotatable bonds is 8. The van der Waals surface area contributed by atoms with E-state index < -0.39 is 11.9 Å². The Morgan fingerprint density at radius 2 is 1.26 bits per heavy atom. The van der Waals surface area contributed by atoms with E-state index in [2.05, 4.69) is 78.5 Å². The summed E-state index contributed by atoms with van der Waals surface area (Å²) in [6.07, 6.45) is 0.210. The van der Waals surface area contributed by atoms with Crippen LogP contribution in [-0.4, -0.2) is 43.1 Å². The van der Waals surface area contributed by atoms with Crippen molar-refractivity contribution in [1.29, 1.82) is 0 Å². The molecule has 326 valence electrons. The maximum absolute atomic E-state index is 12.6. The molecule has 0 saturated heterocycles. The zero-order valence-electron chi connectivity index (χ0n) is 34.4. The predicted molar refractivity (Wildman–Crippen MR) is 246 cm³/mol. The number of halogens is 3. The molecule has 0 fully saturated rings. The third-order valence-electron chi connectivity index (χ3n) is 9.53. The molecular weight excluding hydrogens is 973 g/mol. The Labute approximate surface area is 397 Å². The summed E-state index contributed by atoms with van der Waals surface area (Å²) in [5.41, 5.74) is 7.10. The van der Waals surface area contributed by atoms with E-state index in [-0.39, 0.29) is 30.9 Å². The van der Waals surface area contributed by atoms with Gasteiger partial charge in [0.1, 0.15) is 17.2 Å². The number of carbonyl (C=O) groups excluding carboxylic acids is 2. The zero-order chi connectivity index (χ0) is 45.9. The molecule has 3 aromatic carbocycles. The number of ether oxygens (including phenoxy) is 2. The third kappa shape index (κ3) is 11.6. The van der Waals surface area contributed by atoms with E-state index in [1.54, 1.807) is 54.1 Å². The number of carbonyl (C=O) groups is 2. The molecule has 0 aliphatic heterocycles. The number of nitrogens with zero attached hydrogens (tertiary/aromatic N) is 7. The minimum Gasteiger partial charge on any atom is -0.753 e. The van der Waals surface area contributed by atoms with Gasteiger partial charge in [-0.2, -0.15) is 18.3 Å². The van der Waals surface area contributed by atoms with E-state index in [0.717, 1.165) is 39.4 Å². The molecule has 66 heavy (non-hydrogen) atoms. The average Bonchev–Trinajstić information content (AvgIpc) is 3.96. The van der Waals surface area contributed by atoms with Gasteiger partial charge < -0.3 is 25.1 Å². The van der Waals surface area contributed by atoms with Crippen molar-refractivity contribution in [2.24, 2.45) is 0 Å². The van der Waals surface area contributed by atoms with Gasteiger partial charge >= 0.3 is 25.7 Å². The normalized spacial score (nSPS) is 10.4. The summed E-state index contributed by atoms with van der Waals surface area (Å²) in [4.78, 5) is 39.3. The summed E-state index contributed by atoms with van der Waals surface area (Å²) in [6.45, 7) is 4.66. The Morgan fingerprint density at radius 3 is 1.94 bits per heavy atom. The molecule has 11 nitrogen and oxygen atoms in total. The van der Waals surface area contributed by atoms with Gasteiger partial charge in [-0.3, -0.25) is 24.5 Å². The molecular formula is C49H30F3N7O4RuS2. The standard InChI is InChI=1S/C31H17N3O4S.C17H13F3N3.CNS.Ru/c35-18-37-22-10-12-33-27(15-22)29-17-23(38-19-36)16-28(34-29)26-14-21(9-11-32-26)6-5-20-7-8-31-25(13-20)24-3-1-2-4-30(24)39-31;1-10-4-3-5-11(2)16(10)12-6-7-21-13(8-12)14-9-15(23-22-14)17(18,19)20;2-1-3;/h1-4,7-19H;3-9H,1-2H3;;/q;2*-1;+2. The van der Waals surface area contributed by atoms with Crippen LogP contribution in [0.25, 0.3) is 70.9 Å².